The number of halogens is 2. The van der Waals surface area contributed by atoms with E-state index in [1.165, 1.54) is 30.1 Å². The van der Waals surface area contributed by atoms with Crippen molar-refractivity contribution in [3.8, 4) is 10.4 Å². The van der Waals surface area contributed by atoms with Gasteiger partial charge in [-0.2, -0.15) is 0 Å². The zero-order chi connectivity index (χ0) is 23.4. The van der Waals surface area contributed by atoms with Crippen molar-refractivity contribution in [3.05, 3.63) is 75.9 Å². The second-order valence-electron chi connectivity index (χ2n) is 7.53. The minimum atomic E-state index is -0.517. The number of carbonyl (C=O) groups excluding carboxylic acids is 2. The van der Waals surface area contributed by atoms with Gasteiger partial charge in [0.25, 0.3) is 0 Å². The van der Waals surface area contributed by atoms with Crippen molar-refractivity contribution >= 4 is 52.4 Å². The van der Waals surface area contributed by atoms with Crippen molar-refractivity contribution < 1.29 is 18.7 Å². The van der Waals surface area contributed by atoms with Crippen LogP contribution in [-0.4, -0.2) is 24.2 Å². The number of thiophene rings is 1. The number of ether oxygens (including phenoxy) is 1. The molecule has 9 heteroatoms. The lowest BCUT2D eigenvalue weighted by Crippen LogP contribution is -2.33. The fourth-order valence-electron chi connectivity index (χ4n) is 3.51. The highest BCUT2D eigenvalue weighted by molar-refractivity contribution is 7.97. The molecule has 172 valence electrons. The Morgan fingerprint density at radius 1 is 1.18 bits per heavy atom. The first kappa shape index (κ1) is 23.8. The number of carbonyl (C=O) groups is 2. The van der Waals surface area contributed by atoms with Gasteiger partial charge in [-0.15, -0.1) is 11.3 Å². The van der Waals surface area contributed by atoms with E-state index >= 15 is 0 Å². The first-order valence-electron chi connectivity index (χ1n) is 10.4. The zero-order valence-corrected chi connectivity index (χ0v) is 20.2. The highest BCUT2D eigenvalue weighted by atomic mass is 35.5. The van der Waals surface area contributed by atoms with E-state index in [1.807, 2.05) is 12.1 Å². The molecule has 1 saturated heterocycles. The third kappa shape index (κ3) is 5.76. The zero-order valence-electron chi connectivity index (χ0n) is 17.8. The number of amides is 1. The predicted octanol–water partition coefficient (Wildman–Crippen LogP) is 6.32. The topological polar surface area (TPSA) is 67.4 Å². The number of benzene rings is 2. The van der Waals surface area contributed by atoms with Crippen LogP contribution in [0.2, 0.25) is 5.02 Å². The number of anilines is 1. The molecule has 0 radical (unpaired) electrons. The maximum absolute atomic E-state index is 13.4. The van der Waals surface area contributed by atoms with Gasteiger partial charge in [-0.05, 0) is 61.4 Å². The van der Waals surface area contributed by atoms with E-state index in [9.17, 15) is 14.0 Å². The summed E-state index contributed by atoms with van der Waals surface area (Å²) < 4.78 is 21.8. The summed E-state index contributed by atoms with van der Waals surface area (Å²) in [7, 11) is 0. The molecule has 2 aromatic carbocycles. The van der Waals surface area contributed by atoms with Crippen molar-refractivity contribution in [1.82, 2.24) is 4.72 Å². The summed E-state index contributed by atoms with van der Waals surface area (Å²) in [5, 5.41) is 2.82. The van der Waals surface area contributed by atoms with Gasteiger partial charge in [0, 0.05) is 21.2 Å². The summed E-state index contributed by atoms with van der Waals surface area (Å²) in [5.74, 6) is -0.504. The molecule has 2 unspecified atom stereocenters. The Morgan fingerprint density at radius 2 is 1.97 bits per heavy atom. The standard InChI is InChI=1S/C24H22ClFN2O3S2/c1-2-31-24(30)15-5-3-14(4-6-15)21-9-10-22(33-21)20-11-16(13-32-28-20)23(29)27-17-7-8-19(26)18(25)12-17/h3-10,12,16,20,28H,2,11,13H2,1H3,(H,27,29). The Labute approximate surface area is 204 Å². The van der Waals surface area contributed by atoms with Crippen molar-refractivity contribution in [2.75, 3.05) is 17.7 Å². The monoisotopic (exact) mass is 504 g/mol. The van der Waals surface area contributed by atoms with Gasteiger partial charge in [0.05, 0.1) is 29.2 Å². The third-order valence-electron chi connectivity index (χ3n) is 5.24. The predicted molar refractivity (Wildman–Crippen MR) is 132 cm³/mol. The van der Waals surface area contributed by atoms with Gasteiger partial charge in [-0.25, -0.2) is 9.18 Å². The van der Waals surface area contributed by atoms with Crippen LogP contribution < -0.4 is 10.0 Å². The molecule has 0 bridgehead atoms. The van der Waals surface area contributed by atoms with Gasteiger partial charge in [-0.3, -0.25) is 9.52 Å². The summed E-state index contributed by atoms with van der Waals surface area (Å²) in [6, 6.07) is 15.7. The molecule has 4 rings (SSSR count). The quantitative estimate of drug-likeness (QED) is 0.303. The fraction of sp³-hybridized carbons (Fsp3) is 0.250. The average molecular weight is 505 g/mol. The second-order valence-corrected chi connectivity index (χ2v) is 9.91. The Morgan fingerprint density at radius 3 is 2.70 bits per heavy atom. The first-order chi connectivity index (χ1) is 15.9. The molecule has 1 aliphatic heterocycles. The minimum absolute atomic E-state index is 0.0215. The summed E-state index contributed by atoms with van der Waals surface area (Å²) >= 11 is 8.99. The molecule has 2 N–H and O–H groups in total. The van der Waals surface area contributed by atoms with Gasteiger partial charge in [0.2, 0.25) is 5.91 Å². The Kier molecular flexibility index (Phi) is 7.70. The molecule has 2 heterocycles. The van der Waals surface area contributed by atoms with Crippen LogP contribution in [-0.2, 0) is 9.53 Å². The highest BCUT2D eigenvalue weighted by Gasteiger charge is 2.29. The van der Waals surface area contributed by atoms with Crippen molar-refractivity contribution in [1.29, 1.82) is 0 Å². The molecule has 0 spiro atoms. The molecular formula is C24H22ClFN2O3S2. The van der Waals surface area contributed by atoms with Crippen LogP contribution in [0.15, 0.2) is 54.6 Å². The number of hydrogen-bond donors (Lipinski definition) is 2. The molecule has 1 aromatic heterocycles. The van der Waals surface area contributed by atoms with Crippen molar-refractivity contribution in [2.45, 2.75) is 19.4 Å². The van der Waals surface area contributed by atoms with E-state index in [2.05, 4.69) is 22.2 Å². The van der Waals surface area contributed by atoms with E-state index in [1.54, 1.807) is 30.4 Å². The third-order valence-corrected chi connectivity index (χ3v) is 7.80. The van der Waals surface area contributed by atoms with Crippen molar-refractivity contribution in [2.24, 2.45) is 5.92 Å². The molecule has 1 amide bonds. The smallest absolute Gasteiger partial charge is 0.338 e. The van der Waals surface area contributed by atoms with Crippen LogP contribution in [0, 0.1) is 11.7 Å². The van der Waals surface area contributed by atoms with E-state index in [-0.39, 0.29) is 28.9 Å². The van der Waals surface area contributed by atoms with Crippen LogP contribution in [0.1, 0.15) is 34.6 Å². The number of rotatable bonds is 6. The molecule has 1 aliphatic rings. The normalized spacial score (nSPS) is 18.0. The van der Waals surface area contributed by atoms with E-state index in [0.29, 0.717) is 30.0 Å². The van der Waals surface area contributed by atoms with Gasteiger partial charge >= 0.3 is 5.97 Å². The number of hydrogen-bond acceptors (Lipinski definition) is 6. The summed E-state index contributed by atoms with van der Waals surface area (Å²) in [6.45, 7) is 2.13. The van der Waals surface area contributed by atoms with Crippen LogP contribution in [0.5, 0.6) is 0 Å². The largest absolute Gasteiger partial charge is 0.462 e. The van der Waals surface area contributed by atoms with E-state index in [0.717, 1.165) is 15.3 Å². The Bertz CT molecular complexity index is 1150. The van der Waals surface area contributed by atoms with Crippen molar-refractivity contribution in [3.63, 3.8) is 0 Å². The molecule has 33 heavy (non-hydrogen) atoms. The molecule has 3 aromatic rings. The Hall–Kier alpha value is -2.39. The lowest BCUT2D eigenvalue weighted by Gasteiger charge is -2.28. The molecule has 1 fully saturated rings. The van der Waals surface area contributed by atoms with E-state index in [4.69, 9.17) is 16.3 Å². The second kappa shape index (κ2) is 10.7. The lowest BCUT2D eigenvalue weighted by atomic mass is 9.99. The average Bonchev–Trinajstić information content (AvgIpc) is 3.32. The van der Waals surface area contributed by atoms with Gasteiger partial charge < -0.3 is 10.1 Å². The maximum atomic E-state index is 13.4. The SMILES string of the molecule is CCOC(=O)c1ccc(-c2ccc(C3CC(C(=O)Nc4ccc(F)c(Cl)c4)CSN3)s2)cc1. The molecule has 5 nitrogen and oxygen atoms in total. The lowest BCUT2D eigenvalue weighted by molar-refractivity contribution is -0.119. The number of nitrogens with one attached hydrogen (secondary N) is 2. The van der Waals surface area contributed by atoms with Crippen LogP contribution in [0.4, 0.5) is 10.1 Å². The summed E-state index contributed by atoms with van der Waals surface area (Å²) in [5.41, 5.74) is 2.03. The Balaban J connectivity index is 1.41. The minimum Gasteiger partial charge on any atom is -0.462 e. The highest BCUT2D eigenvalue weighted by Crippen LogP contribution is 2.37. The molecule has 0 aliphatic carbocycles. The fourth-order valence-corrected chi connectivity index (χ4v) is 5.85. The van der Waals surface area contributed by atoms with Gasteiger partial charge in [0.1, 0.15) is 5.82 Å². The van der Waals surface area contributed by atoms with E-state index < -0.39 is 5.82 Å². The van der Waals surface area contributed by atoms with Gasteiger partial charge in [-0.1, -0.05) is 35.7 Å². The first-order valence-corrected chi connectivity index (χ1v) is 12.6. The van der Waals surface area contributed by atoms with Crippen LogP contribution in [0.3, 0.4) is 0 Å². The van der Waals surface area contributed by atoms with Crippen LogP contribution >= 0.6 is 34.9 Å². The summed E-state index contributed by atoms with van der Waals surface area (Å²) in [4.78, 5) is 26.8. The molecule has 0 saturated carbocycles. The maximum Gasteiger partial charge on any atom is 0.338 e. The van der Waals surface area contributed by atoms with Crippen LogP contribution in [0.25, 0.3) is 10.4 Å². The molecular weight excluding hydrogens is 483 g/mol. The van der Waals surface area contributed by atoms with Gasteiger partial charge in [0.15, 0.2) is 0 Å². The number of esters is 1. The molecule has 2 atom stereocenters. The summed E-state index contributed by atoms with van der Waals surface area (Å²) in [6.07, 6.45) is 0.648.